The highest BCUT2D eigenvalue weighted by Crippen LogP contribution is 2.39. The fraction of sp³-hybridized carbons (Fsp3) is 0.615. The lowest BCUT2D eigenvalue weighted by atomic mass is 10.1. The van der Waals surface area contributed by atoms with Crippen molar-refractivity contribution in [3.8, 4) is 0 Å². The summed E-state index contributed by atoms with van der Waals surface area (Å²) in [6.45, 7) is 1.01. The molecule has 106 valence electrons. The Morgan fingerprint density at radius 2 is 2.00 bits per heavy atom. The lowest BCUT2D eigenvalue weighted by Crippen LogP contribution is -2.34. The van der Waals surface area contributed by atoms with Gasteiger partial charge >= 0.3 is 5.69 Å². The molecule has 1 saturated heterocycles. The second-order valence-corrected chi connectivity index (χ2v) is 5.95. The predicted octanol–water partition coefficient (Wildman–Crippen LogP) is -0.0510. The van der Waals surface area contributed by atoms with Crippen LogP contribution in [0.2, 0.25) is 0 Å². The average Bonchev–Trinajstić information content (AvgIpc) is 3.09. The van der Waals surface area contributed by atoms with Crippen LogP contribution in [0.3, 0.4) is 0 Å². The average molecular weight is 275 g/mol. The van der Waals surface area contributed by atoms with Gasteiger partial charge in [0.2, 0.25) is 5.95 Å². The topological polar surface area (TPSA) is 75.9 Å². The number of aromatic amines is 1. The summed E-state index contributed by atoms with van der Waals surface area (Å²) in [5.74, 6) is 1.56. The van der Waals surface area contributed by atoms with Crippen LogP contribution in [0.5, 0.6) is 0 Å². The normalized spacial score (nSPS) is 25.0. The number of anilines is 1. The maximum Gasteiger partial charge on any atom is 0.329 e. The Hall–Kier alpha value is -2.05. The Balaban J connectivity index is 1.96. The molecule has 0 amide bonds. The van der Waals surface area contributed by atoms with E-state index in [1.165, 1.54) is 23.8 Å². The van der Waals surface area contributed by atoms with E-state index in [2.05, 4.69) is 14.9 Å². The molecule has 2 bridgehead atoms. The summed E-state index contributed by atoms with van der Waals surface area (Å²) in [5, 5.41) is 0. The van der Waals surface area contributed by atoms with Crippen LogP contribution >= 0.6 is 0 Å². The molecule has 2 atom stereocenters. The Bertz CT molecular complexity index is 815. The minimum absolute atomic E-state index is 0.367. The van der Waals surface area contributed by atoms with E-state index in [9.17, 15) is 9.59 Å². The Labute approximate surface area is 114 Å². The molecule has 4 rings (SSSR count). The van der Waals surface area contributed by atoms with Crippen LogP contribution < -0.4 is 16.1 Å². The summed E-state index contributed by atoms with van der Waals surface area (Å²) in [5.41, 5.74) is 0.132. The lowest BCUT2D eigenvalue weighted by Gasteiger charge is -2.27. The summed E-state index contributed by atoms with van der Waals surface area (Å²) < 4.78 is 3.21. The molecular weight excluding hydrogens is 258 g/mol. The van der Waals surface area contributed by atoms with Gasteiger partial charge in [-0.2, -0.15) is 4.98 Å². The van der Waals surface area contributed by atoms with Gasteiger partial charge in [0.15, 0.2) is 11.2 Å². The van der Waals surface area contributed by atoms with Crippen LogP contribution in [-0.2, 0) is 14.1 Å². The van der Waals surface area contributed by atoms with Crippen LogP contribution in [-0.4, -0.2) is 31.7 Å². The zero-order valence-corrected chi connectivity index (χ0v) is 11.6. The number of fused-ring (bicyclic) bond motifs is 3. The van der Waals surface area contributed by atoms with Crippen molar-refractivity contribution in [1.82, 2.24) is 19.1 Å². The van der Waals surface area contributed by atoms with Crippen LogP contribution in [0.15, 0.2) is 9.59 Å². The minimum atomic E-state index is -0.421. The molecule has 20 heavy (non-hydrogen) atoms. The van der Waals surface area contributed by atoms with Crippen molar-refractivity contribution in [3.63, 3.8) is 0 Å². The molecule has 1 saturated carbocycles. The van der Waals surface area contributed by atoms with Gasteiger partial charge in [-0.1, -0.05) is 0 Å². The fourth-order valence-corrected chi connectivity index (χ4v) is 3.72. The van der Waals surface area contributed by atoms with Crippen LogP contribution in [0.4, 0.5) is 5.95 Å². The summed E-state index contributed by atoms with van der Waals surface area (Å²) in [6, 6.07) is 0.534. The van der Waals surface area contributed by atoms with Crippen molar-refractivity contribution in [2.45, 2.75) is 25.3 Å². The molecule has 2 fully saturated rings. The van der Waals surface area contributed by atoms with Gasteiger partial charge in [-0.3, -0.25) is 14.3 Å². The summed E-state index contributed by atoms with van der Waals surface area (Å²) in [7, 11) is 3.48. The fourth-order valence-electron chi connectivity index (χ4n) is 3.72. The highest BCUT2D eigenvalue weighted by molar-refractivity contribution is 5.74. The van der Waals surface area contributed by atoms with Gasteiger partial charge in [0.25, 0.3) is 5.56 Å². The van der Waals surface area contributed by atoms with E-state index in [1.54, 1.807) is 7.05 Å². The molecule has 1 N–H and O–H groups in total. The summed E-state index contributed by atoms with van der Waals surface area (Å²) >= 11 is 0. The minimum Gasteiger partial charge on any atom is -0.339 e. The third kappa shape index (κ3) is 1.37. The molecule has 1 aliphatic heterocycles. The van der Waals surface area contributed by atoms with Gasteiger partial charge in [-0.05, 0) is 25.2 Å². The number of rotatable bonds is 1. The SMILES string of the molecule is Cn1c(N2CC3CCC2C3)nc2c1c(=O)[nH]c(=O)n2C. The van der Waals surface area contributed by atoms with E-state index in [0.29, 0.717) is 17.2 Å². The first-order chi connectivity index (χ1) is 9.56. The summed E-state index contributed by atoms with van der Waals surface area (Å²) in [6.07, 6.45) is 3.71. The van der Waals surface area contributed by atoms with E-state index >= 15 is 0 Å². The molecule has 0 radical (unpaired) electrons. The maximum absolute atomic E-state index is 12.0. The van der Waals surface area contributed by atoms with Crippen molar-refractivity contribution in [2.75, 3.05) is 11.4 Å². The highest BCUT2D eigenvalue weighted by Gasteiger charge is 2.39. The molecule has 7 nitrogen and oxygen atoms in total. The third-order valence-corrected chi connectivity index (χ3v) is 4.78. The van der Waals surface area contributed by atoms with Gasteiger partial charge in [0.1, 0.15) is 0 Å². The van der Waals surface area contributed by atoms with Crippen molar-refractivity contribution in [2.24, 2.45) is 20.0 Å². The quantitative estimate of drug-likeness (QED) is 0.791. The number of aryl methyl sites for hydroxylation is 2. The number of piperidine rings is 1. The van der Waals surface area contributed by atoms with Gasteiger partial charge < -0.3 is 9.47 Å². The molecule has 2 aromatic rings. The first-order valence-electron chi connectivity index (χ1n) is 6.98. The molecule has 2 aromatic heterocycles. The van der Waals surface area contributed by atoms with Crippen LogP contribution in [0.1, 0.15) is 19.3 Å². The number of aromatic nitrogens is 4. The predicted molar refractivity (Wildman–Crippen MR) is 75.1 cm³/mol. The molecule has 2 aliphatic rings. The van der Waals surface area contributed by atoms with E-state index < -0.39 is 5.69 Å². The zero-order chi connectivity index (χ0) is 14.0. The maximum atomic E-state index is 12.0. The van der Waals surface area contributed by atoms with E-state index in [4.69, 9.17) is 0 Å². The molecule has 1 aliphatic carbocycles. The first kappa shape index (κ1) is 11.7. The van der Waals surface area contributed by atoms with E-state index in [1.807, 2.05) is 11.6 Å². The largest absolute Gasteiger partial charge is 0.339 e. The Kier molecular flexibility index (Phi) is 2.20. The molecule has 0 spiro atoms. The van der Waals surface area contributed by atoms with E-state index in [0.717, 1.165) is 18.4 Å². The first-order valence-corrected chi connectivity index (χ1v) is 6.98. The van der Waals surface area contributed by atoms with Gasteiger partial charge in [0, 0.05) is 26.7 Å². The van der Waals surface area contributed by atoms with Crippen LogP contribution in [0.25, 0.3) is 11.2 Å². The number of nitrogens with zero attached hydrogens (tertiary/aromatic N) is 4. The van der Waals surface area contributed by atoms with Gasteiger partial charge in [0.05, 0.1) is 0 Å². The number of hydrogen-bond acceptors (Lipinski definition) is 4. The van der Waals surface area contributed by atoms with Crippen LogP contribution in [0, 0.1) is 5.92 Å². The third-order valence-electron chi connectivity index (χ3n) is 4.78. The van der Waals surface area contributed by atoms with Crippen molar-refractivity contribution < 1.29 is 0 Å². The summed E-state index contributed by atoms with van der Waals surface area (Å²) in [4.78, 5) is 32.9. The molecule has 2 unspecified atom stereocenters. The van der Waals surface area contributed by atoms with Gasteiger partial charge in [-0.25, -0.2) is 4.79 Å². The second-order valence-electron chi connectivity index (χ2n) is 5.95. The molecule has 7 heteroatoms. The standard InChI is InChI=1S/C13H17N5O2/c1-16-9-10(17(2)13(20)15-11(9)19)14-12(16)18-6-7-3-4-8(18)5-7/h7-8H,3-6H2,1-2H3,(H,15,19,20). The van der Waals surface area contributed by atoms with Crippen molar-refractivity contribution in [1.29, 1.82) is 0 Å². The smallest absolute Gasteiger partial charge is 0.329 e. The van der Waals surface area contributed by atoms with E-state index in [-0.39, 0.29) is 5.56 Å². The zero-order valence-electron chi connectivity index (χ0n) is 11.6. The van der Waals surface area contributed by atoms with Crippen molar-refractivity contribution in [3.05, 3.63) is 20.8 Å². The Morgan fingerprint density at radius 3 is 2.65 bits per heavy atom. The molecule has 0 aromatic carbocycles. The Morgan fingerprint density at radius 1 is 1.20 bits per heavy atom. The lowest BCUT2D eigenvalue weighted by molar-refractivity contribution is 0.543. The number of nitrogens with one attached hydrogen (secondary N) is 1. The number of imidazole rings is 1. The number of hydrogen-bond donors (Lipinski definition) is 1. The van der Waals surface area contributed by atoms with Gasteiger partial charge in [-0.15, -0.1) is 0 Å². The molecular formula is C13H17N5O2. The monoisotopic (exact) mass is 275 g/mol. The second kappa shape index (κ2) is 3.74. The number of H-pyrrole nitrogens is 1. The highest BCUT2D eigenvalue weighted by atomic mass is 16.2. The molecule has 3 heterocycles. The van der Waals surface area contributed by atoms with Crippen molar-refractivity contribution >= 4 is 17.1 Å².